The Morgan fingerprint density at radius 3 is 2.15 bits per heavy atom. The van der Waals surface area contributed by atoms with E-state index in [4.69, 9.17) is 4.74 Å². The largest absolute Gasteiger partial charge is 0.494 e. The van der Waals surface area contributed by atoms with Gasteiger partial charge in [-0.1, -0.05) is 12.1 Å². The normalized spacial score (nSPS) is 10.9. The summed E-state index contributed by atoms with van der Waals surface area (Å²) >= 11 is 0. The SMILES string of the molecule is CCOc1ccc(C(=O)NCc2ccc(NC(=O)C(F)(F)F)cc2)cc1. The van der Waals surface area contributed by atoms with Crippen molar-refractivity contribution < 1.29 is 27.5 Å². The highest BCUT2D eigenvalue weighted by Gasteiger charge is 2.38. The first-order chi connectivity index (χ1) is 12.3. The van der Waals surface area contributed by atoms with Crippen molar-refractivity contribution >= 4 is 17.5 Å². The van der Waals surface area contributed by atoms with Gasteiger partial charge in [-0.25, -0.2) is 0 Å². The zero-order valence-electron chi connectivity index (χ0n) is 13.9. The van der Waals surface area contributed by atoms with Crippen LogP contribution in [0.15, 0.2) is 48.5 Å². The fourth-order valence-electron chi connectivity index (χ4n) is 2.06. The zero-order chi connectivity index (χ0) is 19.2. The Kier molecular flexibility index (Phi) is 6.21. The van der Waals surface area contributed by atoms with Crippen LogP contribution in [0.1, 0.15) is 22.8 Å². The summed E-state index contributed by atoms with van der Waals surface area (Å²) in [5.41, 5.74) is 1.16. The molecular formula is C18H17F3N2O3. The molecular weight excluding hydrogens is 349 g/mol. The number of nitrogens with one attached hydrogen (secondary N) is 2. The molecule has 0 unspecified atom stereocenters. The molecule has 2 aromatic rings. The van der Waals surface area contributed by atoms with Crippen molar-refractivity contribution in [2.24, 2.45) is 0 Å². The Morgan fingerprint density at radius 1 is 1.00 bits per heavy atom. The molecule has 0 aliphatic heterocycles. The van der Waals surface area contributed by atoms with Crippen molar-refractivity contribution in [1.82, 2.24) is 5.32 Å². The number of rotatable bonds is 6. The number of carbonyl (C=O) groups is 2. The highest BCUT2D eigenvalue weighted by molar-refractivity contribution is 5.95. The summed E-state index contributed by atoms with van der Waals surface area (Å²) < 4.78 is 41.9. The van der Waals surface area contributed by atoms with Crippen LogP contribution < -0.4 is 15.4 Å². The third kappa shape index (κ3) is 5.51. The first-order valence-electron chi connectivity index (χ1n) is 7.77. The number of amides is 2. The van der Waals surface area contributed by atoms with Gasteiger partial charge in [-0.15, -0.1) is 0 Å². The van der Waals surface area contributed by atoms with E-state index in [2.05, 4.69) is 5.32 Å². The molecule has 2 rings (SSSR count). The molecule has 0 atom stereocenters. The van der Waals surface area contributed by atoms with Crippen LogP contribution in [0.2, 0.25) is 0 Å². The van der Waals surface area contributed by atoms with E-state index in [1.807, 2.05) is 6.92 Å². The van der Waals surface area contributed by atoms with Crippen molar-refractivity contribution in [2.45, 2.75) is 19.6 Å². The first kappa shape index (κ1) is 19.3. The molecule has 2 N–H and O–H groups in total. The van der Waals surface area contributed by atoms with E-state index in [9.17, 15) is 22.8 Å². The lowest BCUT2D eigenvalue weighted by atomic mass is 10.1. The molecule has 0 fully saturated rings. The van der Waals surface area contributed by atoms with Crippen LogP contribution in [0.5, 0.6) is 5.75 Å². The second-order valence-electron chi connectivity index (χ2n) is 5.29. The molecule has 0 aliphatic carbocycles. The van der Waals surface area contributed by atoms with Gasteiger partial charge in [-0.05, 0) is 48.9 Å². The molecule has 0 spiro atoms. The quantitative estimate of drug-likeness (QED) is 0.822. The van der Waals surface area contributed by atoms with E-state index in [1.165, 1.54) is 24.3 Å². The predicted octanol–water partition coefficient (Wildman–Crippen LogP) is 3.52. The Hall–Kier alpha value is -3.03. The van der Waals surface area contributed by atoms with E-state index in [0.717, 1.165) is 0 Å². The van der Waals surface area contributed by atoms with Crippen LogP contribution in [0.25, 0.3) is 0 Å². The van der Waals surface area contributed by atoms with Gasteiger partial charge in [-0.3, -0.25) is 9.59 Å². The van der Waals surface area contributed by atoms with E-state index in [-0.39, 0.29) is 18.1 Å². The molecule has 26 heavy (non-hydrogen) atoms. The third-order valence-corrected chi connectivity index (χ3v) is 3.35. The molecule has 8 heteroatoms. The fraction of sp³-hybridized carbons (Fsp3) is 0.222. The minimum atomic E-state index is -4.94. The standard InChI is InChI=1S/C18H17F3N2O3/c1-2-26-15-9-5-13(6-10-15)16(24)22-11-12-3-7-14(8-4-12)23-17(25)18(19,20)21/h3-10H,2,11H2,1H3,(H,22,24)(H,23,25). The van der Waals surface area contributed by atoms with Gasteiger partial charge in [0.1, 0.15) is 5.75 Å². The Morgan fingerprint density at radius 2 is 1.62 bits per heavy atom. The number of anilines is 1. The first-order valence-corrected chi connectivity index (χ1v) is 7.77. The van der Waals surface area contributed by atoms with Crippen molar-refractivity contribution in [1.29, 1.82) is 0 Å². The lowest BCUT2D eigenvalue weighted by Crippen LogP contribution is -2.29. The van der Waals surface area contributed by atoms with Gasteiger partial charge in [0.15, 0.2) is 0 Å². The number of ether oxygens (including phenoxy) is 1. The summed E-state index contributed by atoms with van der Waals surface area (Å²) in [6, 6.07) is 12.4. The maximum atomic E-state index is 12.2. The van der Waals surface area contributed by atoms with Crippen LogP contribution in [0.3, 0.4) is 0 Å². The van der Waals surface area contributed by atoms with E-state index >= 15 is 0 Å². The maximum absolute atomic E-state index is 12.2. The maximum Gasteiger partial charge on any atom is 0.471 e. The summed E-state index contributed by atoms with van der Waals surface area (Å²) in [6.45, 7) is 2.59. The highest BCUT2D eigenvalue weighted by atomic mass is 19.4. The average Bonchev–Trinajstić information content (AvgIpc) is 2.61. The van der Waals surface area contributed by atoms with E-state index in [1.54, 1.807) is 29.6 Å². The molecule has 0 radical (unpaired) electrons. The lowest BCUT2D eigenvalue weighted by molar-refractivity contribution is -0.167. The molecule has 2 aromatic carbocycles. The second-order valence-corrected chi connectivity index (χ2v) is 5.29. The lowest BCUT2D eigenvalue weighted by Gasteiger charge is -2.09. The number of alkyl halides is 3. The van der Waals surface area contributed by atoms with Gasteiger partial charge < -0.3 is 15.4 Å². The van der Waals surface area contributed by atoms with Crippen LogP contribution in [0, 0.1) is 0 Å². The summed E-state index contributed by atoms with van der Waals surface area (Å²) in [6.07, 6.45) is -4.94. The van der Waals surface area contributed by atoms with E-state index in [0.29, 0.717) is 23.5 Å². The predicted molar refractivity (Wildman–Crippen MR) is 89.9 cm³/mol. The van der Waals surface area contributed by atoms with Gasteiger partial charge in [0.05, 0.1) is 6.61 Å². The van der Waals surface area contributed by atoms with Gasteiger partial charge in [0, 0.05) is 17.8 Å². The van der Waals surface area contributed by atoms with Crippen molar-refractivity contribution in [3.05, 3.63) is 59.7 Å². The summed E-state index contributed by atoms with van der Waals surface area (Å²) in [5, 5.41) is 4.46. The molecule has 5 nitrogen and oxygen atoms in total. The highest BCUT2D eigenvalue weighted by Crippen LogP contribution is 2.18. The molecule has 0 saturated heterocycles. The molecule has 2 amide bonds. The third-order valence-electron chi connectivity index (χ3n) is 3.35. The summed E-state index contributed by atoms with van der Waals surface area (Å²) in [4.78, 5) is 22.9. The van der Waals surface area contributed by atoms with Crippen molar-refractivity contribution in [3.63, 3.8) is 0 Å². The van der Waals surface area contributed by atoms with Gasteiger partial charge >= 0.3 is 12.1 Å². The number of halogens is 3. The molecule has 0 saturated carbocycles. The number of hydrogen-bond acceptors (Lipinski definition) is 3. The molecule has 0 aromatic heterocycles. The van der Waals surface area contributed by atoms with Crippen molar-refractivity contribution in [3.8, 4) is 5.75 Å². The van der Waals surface area contributed by atoms with Crippen LogP contribution in [-0.2, 0) is 11.3 Å². The van der Waals surface area contributed by atoms with Crippen molar-refractivity contribution in [2.75, 3.05) is 11.9 Å². The monoisotopic (exact) mass is 366 g/mol. The number of hydrogen-bond donors (Lipinski definition) is 2. The molecule has 138 valence electrons. The number of benzene rings is 2. The summed E-state index contributed by atoms with van der Waals surface area (Å²) in [7, 11) is 0. The molecule has 0 heterocycles. The Balaban J connectivity index is 1.89. The topological polar surface area (TPSA) is 67.4 Å². The Labute approximate surface area is 148 Å². The molecule has 0 aliphatic rings. The van der Waals surface area contributed by atoms with Crippen LogP contribution >= 0.6 is 0 Å². The van der Waals surface area contributed by atoms with E-state index < -0.39 is 12.1 Å². The zero-order valence-corrected chi connectivity index (χ0v) is 13.9. The van der Waals surface area contributed by atoms with Gasteiger partial charge in [-0.2, -0.15) is 13.2 Å². The average molecular weight is 366 g/mol. The second kappa shape index (κ2) is 8.37. The minimum Gasteiger partial charge on any atom is -0.494 e. The molecule has 0 bridgehead atoms. The van der Waals surface area contributed by atoms with Crippen LogP contribution in [0.4, 0.5) is 18.9 Å². The van der Waals surface area contributed by atoms with Gasteiger partial charge in [0.2, 0.25) is 0 Å². The Bertz CT molecular complexity index is 757. The smallest absolute Gasteiger partial charge is 0.471 e. The summed E-state index contributed by atoms with van der Waals surface area (Å²) in [5.74, 6) is -1.66. The minimum absolute atomic E-state index is 0.0221. The fourth-order valence-corrected chi connectivity index (χ4v) is 2.06. The van der Waals surface area contributed by atoms with Gasteiger partial charge in [0.25, 0.3) is 5.91 Å². The number of carbonyl (C=O) groups excluding carboxylic acids is 2. The van der Waals surface area contributed by atoms with Crippen LogP contribution in [-0.4, -0.2) is 24.6 Å².